The van der Waals surface area contributed by atoms with Crippen molar-refractivity contribution in [1.29, 1.82) is 0 Å². The van der Waals surface area contributed by atoms with Gasteiger partial charge in [0, 0.05) is 18.6 Å². The van der Waals surface area contributed by atoms with Crippen LogP contribution in [-0.4, -0.2) is 27.2 Å². The molecule has 1 saturated heterocycles. The van der Waals surface area contributed by atoms with Gasteiger partial charge in [-0.2, -0.15) is 0 Å². The molecule has 0 aromatic heterocycles. The number of aryl methyl sites for hydroxylation is 2. The Morgan fingerprint density at radius 2 is 1.35 bits per heavy atom. The van der Waals surface area contributed by atoms with E-state index in [0.29, 0.717) is 24.3 Å². The van der Waals surface area contributed by atoms with Crippen LogP contribution < -0.4 is 4.72 Å². The SMILES string of the molecule is O=S(=O)(N[C@H]1CCO[C@H](C2c3ccccc3CCc3ccccc32)C1)c1ccccc1. The van der Waals surface area contributed by atoms with Crippen LogP contribution in [0.25, 0.3) is 0 Å². The maximum absolute atomic E-state index is 12.9. The van der Waals surface area contributed by atoms with Crippen LogP contribution in [0.4, 0.5) is 0 Å². The number of rotatable bonds is 4. The quantitative estimate of drug-likeness (QED) is 0.662. The zero-order chi connectivity index (χ0) is 21.3. The Hall–Kier alpha value is -2.47. The van der Waals surface area contributed by atoms with Gasteiger partial charge in [-0.3, -0.25) is 0 Å². The van der Waals surface area contributed by atoms with Gasteiger partial charge in [-0.25, -0.2) is 13.1 Å². The number of hydrogen-bond donors (Lipinski definition) is 1. The molecule has 0 saturated carbocycles. The first-order valence-electron chi connectivity index (χ1n) is 11.0. The molecule has 1 aliphatic heterocycles. The molecule has 0 spiro atoms. The smallest absolute Gasteiger partial charge is 0.240 e. The fraction of sp³-hybridized carbons (Fsp3) is 0.308. The largest absolute Gasteiger partial charge is 0.377 e. The summed E-state index contributed by atoms with van der Waals surface area (Å²) in [6.45, 7) is 0.549. The fourth-order valence-electron chi connectivity index (χ4n) is 5.02. The molecular formula is C26H27NO3S. The molecule has 31 heavy (non-hydrogen) atoms. The van der Waals surface area contributed by atoms with Crippen molar-refractivity contribution in [2.75, 3.05) is 6.61 Å². The molecular weight excluding hydrogens is 406 g/mol. The highest BCUT2D eigenvalue weighted by Gasteiger charge is 2.36. The van der Waals surface area contributed by atoms with E-state index in [9.17, 15) is 8.42 Å². The fourth-order valence-corrected chi connectivity index (χ4v) is 6.33. The third-order valence-corrected chi connectivity index (χ3v) is 8.04. The van der Waals surface area contributed by atoms with Crippen molar-refractivity contribution in [3.8, 4) is 0 Å². The van der Waals surface area contributed by atoms with Crippen molar-refractivity contribution in [2.24, 2.45) is 0 Å². The van der Waals surface area contributed by atoms with E-state index in [4.69, 9.17) is 4.74 Å². The minimum absolute atomic E-state index is 0.0716. The van der Waals surface area contributed by atoms with Crippen LogP contribution in [0.5, 0.6) is 0 Å². The Morgan fingerprint density at radius 3 is 2.00 bits per heavy atom. The molecule has 4 nitrogen and oxygen atoms in total. The highest BCUT2D eigenvalue weighted by molar-refractivity contribution is 7.89. The van der Waals surface area contributed by atoms with E-state index in [1.54, 1.807) is 24.3 Å². The van der Waals surface area contributed by atoms with E-state index in [2.05, 4.69) is 53.3 Å². The van der Waals surface area contributed by atoms with E-state index < -0.39 is 10.0 Å². The third kappa shape index (κ3) is 4.18. The van der Waals surface area contributed by atoms with Crippen LogP contribution in [0.15, 0.2) is 83.8 Å². The van der Waals surface area contributed by atoms with Crippen LogP contribution in [-0.2, 0) is 27.6 Å². The Kier molecular flexibility index (Phi) is 5.65. The summed E-state index contributed by atoms with van der Waals surface area (Å²) < 4.78 is 35.0. The lowest BCUT2D eigenvalue weighted by atomic mass is 9.80. The molecule has 2 aliphatic rings. The minimum Gasteiger partial charge on any atom is -0.377 e. The monoisotopic (exact) mass is 433 g/mol. The first kappa shape index (κ1) is 20.4. The summed E-state index contributed by atoms with van der Waals surface area (Å²) in [6, 6.07) is 25.7. The van der Waals surface area contributed by atoms with Gasteiger partial charge in [-0.1, -0.05) is 66.7 Å². The average Bonchev–Trinajstić information content (AvgIpc) is 2.96. The molecule has 0 radical (unpaired) electrons. The number of benzene rings is 3. The molecule has 1 aliphatic carbocycles. The van der Waals surface area contributed by atoms with Gasteiger partial charge in [0.1, 0.15) is 0 Å². The Balaban J connectivity index is 1.45. The molecule has 160 valence electrons. The molecule has 1 fully saturated rings. The number of hydrogen-bond acceptors (Lipinski definition) is 3. The second-order valence-electron chi connectivity index (χ2n) is 8.44. The van der Waals surface area contributed by atoms with Crippen molar-refractivity contribution in [2.45, 2.75) is 48.6 Å². The summed E-state index contributed by atoms with van der Waals surface area (Å²) in [4.78, 5) is 0.309. The van der Waals surface area contributed by atoms with Gasteiger partial charge in [-0.15, -0.1) is 0 Å². The van der Waals surface area contributed by atoms with Gasteiger partial charge in [-0.05, 0) is 60.1 Å². The van der Waals surface area contributed by atoms with E-state index in [0.717, 1.165) is 12.8 Å². The van der Waals surface area contributed by atoms with E-state index in [1.807, 2.05) is 6.07 Å². The van der Waals surface area contributed by atoms with Crippen molar-refractivity contribution in [3.63, 3.8) is 0 Å². The van der Waals surface area contributed by atoms with Crippen molar-refractivity contribution < 1.29 is 13.2 Å². The number of sulfonamides is 1. The summed E-state index contributed by atoms with van der Waals surface area (Å²) >= 11 is 0. The molecule has 5 heteroatoms. The highest BCUT2D eigenvalue weighted by atomic mass is 32.2. The first-order chi connectivity index (χ1) is 15.1. The van der Waals surface area contributed by atoms with Gasteiger partial charge in [0.15, 0.2) is 0 Å². The molecule has 0 unspecified atom stereocenters. The summed E-state index contributed by atoms with van der Waals surface area (Å²) in [5, 5.41) is 0. The summed E-state index contributed by atoms with van der Waals surface area (Å²) in [7, 11) is -3.55. The Morgan fingerprint density at radius 1 is 0.774 bits per heavy atom. The summed E-state index contributed by atoms with van der Waals surface area (Å²) in [5.74, 6) is 0.110. The molecule has 0 bridgehead atoms. The highest BCUT2D eigenvalue weighted by Crippen LogP contribution is 2.40. The van der Waals surface area contributed by atoms with Gasteiger partial charge < -0.3 is 4.74 Å². The van der Waals surface area contributed by atoms with Gasteiger partial charge in [0.05, 0.1) is 11.0 Å². The van der Waals surface area contributed by atoms with Crippen LogP contribution in [0.2, 0.25) is 0 Å². The predicted molar refractivity (Wildman–Crippen MR) is 122 cm³/mol. The van der Waals surface area contributed by atoms with E-state index >= 15 is 0 Å². The zero-order valence-electron chi connectivity index (χ0n) is 17.4. The summed E-state index contributed by atoms with van der Waals surface area (Å²) in [5.41, 5.74) is 5.34. The third-order valence-electron chi connectivity index (χ3n) is 6.51. The first-order valence-corrected chi connectivity index (χ1v) is 12.4. The molecule has 3 aromatic rings. The van der Waals surface area contributed by atoms with Crippen molar-refractivity contribution >= 4 is 10.0 Å². The number of fused-ring (bicyclic) bond motifs is 2. The van der Waals surface area contributed by atoms with Crippen molar-refractivity contribution in [1.82, 2.24) is 4.72 Å². The zero-order valence-corrected chi connectivity index (χ0v) is 18.2. The molecule has 1 N–H and O–H groups in total. The lowest BCUT2D eigenvalue weighted by Crippen LogP contribution is -2.44. The minimum atomic E-state index is -3.55. The van der Waals surface area contributed by atoms with E-state index in [-0.39, 0.29) is 18.1 Å². The predicted octanol–water partition coefficient (Wildman–Crippen LogP) is 4.44. The van der Waals surface area contributed by atoms with Crippen LogP contribution >= 0.6 is 0 Å². The molecule has 1 heterocycles. The average molecular weight is 434 g/mol. The Bertz CT molecular complexity index is 1110. The number of nitrogens with one attached hydrogen (secondary N) is 1. The number of ether oxygens (including phenoxy) is 1. The topological polar surface area (TPSA) is 55.4 Å². The Labute approximate surface area is 184 Å². The lowest BCUT2D eigenvalue weighted by molar-refractivity contribution is -0.00397. The van der Waals surface area contributed by atoms with Crippen molar-refractivity contribution in [3.05, 3.63) is 101 Å². The van der Waals surface area contributed by atoms with Crippen LogP contribution in [0, 0.1) is 0 Å². The molecule has 2 atom stereocenters. The van der Waals surface area contributed by atoms with E-state index in [1.165, 1.54) is 22.3 Å². The molecule has 5 rings (SSSR count). The van der Waals surface area contributed by atoms with Gasteiger partial charge in [0.25, 0.3) is 0 Å². The van der Waals surface area contributed by atoms with Crippen LogP contribution in [0.1, 0.15) is 41.0 Å². The van der Waals surface area contributed by atoms with Crippen LogP contribution in [0.3, 0.4) is 0 Å². The lowest BCUT2D eigenvalue weighted by Gasteiger charge is -2.36. The normalized spacial score (nSPS) is 21.7. The van der Waals surface area contributed by atoms with Gasteiger partial charge >= 0.3 is 0 Å². The summed E-state index contributed by atoms with van der Waals surface area (Å²) in [6.07, 6.45) is 3.29. The van der Waals surface area contributed by atoms with Gasteiger partial charge in [0.2, 0.25) is 10.0 Å². The molecule has 0 amide bonds. The standard InChI is InChI=1S/C26H27NO3S/c28-31(29,22-10-2-1-3-11-22)27-21-16-17-30-25(18-21)26-23-12-6-4-8-19(23)14-15-20-9-5-7-13-24(20)26/h1-13,21,25-27H,14-18H2/t21-,25-/m0/s1. The maximum Gasteiger partial charge on any atom is 0.240 e. The molecule has 3 aromatic carbocycles. The maximum atomic E-state index is 12.9. The second-order valence-corrected chi connectivity index (χ2v) is 10.2. The second kappa shape index (κ2) is 8.58.